The minimum absolute atomic E-state index is 0.156. The first kappa shape index (κ1) is 27.0. The van der Waals surface area contributed by atoms with Crippen molar-refractivity contribution in [2.24, 2.45) is 0 Å². The molecule has 0 radical (unpaired) electrons. The SMILES string of the molecule is CCCCCCCCCCC[C@@H]1[C@@H](N(Cl)C(C)(C)C)C(=O)N1[Si](C)(C)C(C)(C)C. The van der Waals surface area contributed by atoms with E-state index in [9.17, 15) is 4.79 Å². The third-order valence-corrected chi connectivity index (χ3v) is 13.3. The maximum Gasteiger partial charge on any atom is 0.235 e. The third-order valence-electron chi connectivity index (χ3n) is 7.11. The summed E-state index contributed by atoms with van der Waals surface area (Å²) in [7, 11) is -1.89. The zero-order valence-corrected chi connectivity index (χ0v) is 22.7. The molecular weight excluding hydrogens is 396 g/mol. The van der Waals surface area contributed by atoms with Crippen molar-refractivity contribution in [3.8, 4) is 0 Å². The first-order chi connectivity index (χ1) is 13.3. The van der Waals surface area contributed by atoms with Gasteiger partial charge in [-0.3, -0.25) is 4.79 Å². The molecule has 0 N–H and O–H groups in total. The summed E-state index contributed by atoms with van der Waals surface area (Å²) in [6.07, 6.45) is 13.1. The molecule has 3 nitrogen and oxygen atoms in total. The van der Waals surface area contributed by atoms with Crippen LogP contribution in [-0.2, 0) is 4.79 Å². The molecule has 1 amide bonds. The van der Waals surface area contributed by atoms with Crippen LogP contribution < -0.4 is 0 Å². The number of hydrogen-bond acceptors (Lipinski definition) is 2. The molecule has 1 fully saturated rings. The van der Waals surface area contributed by atoms with Crippen molar-refractivity contribution >= 4 is 25.9 Å². The van der Waals surface area contributed by atoms with Crippen molar-refractivity contribution in [1.29, 1.82) is 0 Å². The Bertz CT molecular complexity index is 510. The first-order valence-corrected chi connectivity index (χ1v) is 15.3. The fraction of sp³-hybridized carbons (Fsp3) is 0.958. The predicted octanol–water partition coefficient (Wildman–Crippen LogP) is 7.75. The second kappa shape index (κ2) is 11.0. The molecule has 0 bridgehead atoms. The van der Waals surface area contributed by atoms with Gasteiger partial charge in [0.2, 0.25) is 5.91 Å². The van der Waals surface area contributed by atoms with Crippen LogP contribution in [0.4, 0.5) is 0 Å². The highest BCUT2D eigenvalue weighted by molar-refractivity contribution is 6.80. The van der Waals surface area contributed by atoms with Crippen LogP contribution in [-0.4, -0.2) is 40.7 Å². The Morgan fingerprint density at radius 2 is 1.34 bits per heavy atom. The van der Waals surface area contributed by atoms with Crippen LogP contribution in [0.25, 0.3) is 0 Å². The summed E-state index contributed by atoms with van der Waals surface area (Å²) < 4.78 is 4.08. The molecule has 29 heavy (non-hydrogen) atoms. The number of unbranched alkanes of at least 4 members (excludes halogenated alkanes) is 8. The average Bonchev–Trinajstić information content (AvgIpc) is 2.57. The van der Waals surface area contributed by atoms with E-state index < -0.39 is 8.24 Å². The molecule has 5 heteroatoms. The van der Waals surface area contributed by atoms with Crippen molar-refractivity contribution < 1.29 is 4.79 Å². The molecule has 1 heterocycles. The summed E-state index contributed by atoms with van der Waals surface area (Å²) in [6, 6.07) is 0.101. The average molecular weight is 445 g/mol. The molecule has 0 aliphatic carbocycles. The number of amides is 1. The molecule has 0 unspecified atom stereocenters. The highest BCUT2D eigenvalue weighted by Crippen LogP contribution is 2.46. The molecular formula is C24H49ClN2OSi. The molecule has 2 atom stereocenters. The Balaban J connectivity index is 2.67. The summed E-state index contributed by atoms with van der Waals surface area (Å²) in [5.74, 6) is 0.252. The van der Waals surface area contributed by atoms with E-state index >= 15 is 0 Å². The molecule has 0 aromatic heterocycles. The van der Waals surface area contributed by atoms with E-state index in [-0.39, 0.29) is 28.6 Å². The quantitative estimate of drug-likeness (QED) is 0.133. The zero-order valence-electron chi connectivity index (χ0n) is 20.9. The Labute approximate surface area is 188 Å². The van der Waals surface area contributed by atoms with E-state index in [0.29, 0.717) is 0 Å². The number of β-lactam (4-membered cyclic amide) rings is 1. The van der Waals surface area contributed by atoms with Crippen LogP contribution in [0.3, 0.4) is 0 Å². The number of halogens is 1. The highest BCUT2D eigenvalue weighted by atomic mass is 35.5. The zero-order chi connectivity index (χ0) is 22.5. The van der Waals surface area contributed by atoms with Gasteiger partial charge in [0.1, 0.15) is 6.04 Å². The van der Waals surface area contributed by atoms with E-state index in [4.69, 9.17) is 11.8 Å². The molecule has 0 aromatic rings. The maximum absolute atomic E-state index is 13.2. The van der Waals surface area contributed by atoms with Crippen molar-refractivity contribution in [2.75, 3.05) is 0 Å². The standard InChI is InChI=1S/C24H49ClN2OSi/c1-10-11-12-13-14-15-16-17-18-19-20-21(27(25)23(2,3)4)22(28)26(20)29(8,9)24(5,6)7/h20-21H,10-19H2,1-9H3/t20-,21-/m1/s1. The monoisotopic (exact) mass is 444 g/mol. The fourth-order valence-electron chi connectivity index (χ4n) is 4.20. The van der Waals surface area contributed by atoms with E-state index in [1.165, 1.54) is 57.8 Å². The summed E-state index contributed by atoms with van der Waals surface area (Å²) in [5.41, 5.74) is -0.210. The van der Waals surface area contributed by atoms with E-state index in [1.807, 2.05) is 0 Å². The topological polar surface area (TPSA) is 23.6 Å². The second-order valence-electron chi connectivity index (χ2n) is 11.6. The van der Waals surface area contributed by atoms with Gasteiger partial charge in [0.25, 0.3) is 0 Å². The van der Waals surface area contributed by atoms with Gasteiger partial charge in [-0.05, 0) is 44.0 Å². The Kier molecular flexibility index (Phi) is 10.2. The van der Waals surface area contributed by atoms with Crippen LogP contribution in [0.2, 0.25) is 18.1 Å². The number of rotatable bonds is 12. The highest BCUT2D eigenvalue weighted by Gasteiger charge is 2.59. The number of nitrogens with zero attached hydrogens (tertiary/aromatic N) is 2. The van der Waals surface area contributed by atoms with Crippen molar-refractivity contribution in [3.63, 3.8) is 0 Å². The smallest absolute Gasteiger partial charge is 0.235 e. The van der Waals surface area contributed by atoms with E-state index in [1.54, 1.807) is 4.42 Å². The third kappa shape index (κ3) is 6.97. The van der Waals surface area contributed by atoms with Crippen LogP contribution >= 0.6 is 11.8 Å². The van der Waals surface area contributed by atoms with Crippen molar-refractivity contribution in [3.05, 3.63) is 0 Å². The summed E-state index contributed by atoms with van der Waals surface area (Å²) in [6.45, 7) is 20.1. The van der Waals surface area contributed by atoms with Gasteiger partial charge >= 0.3 is 0 Å². The van der Waals surface area contributed by atoms with Crippen LogP contribution in [0.15, 0.2) is 0 Å². The Morgan fingerprint density at radius 1 is 0.897 bits per heavy atom. The lowest BCUT2D eigenvalue weighted by Gasteiger charge is -2.61. The second-order valence-corrected chi connectivity index (χ2v) is 17.1. The normalized spacial score (nSPS) is 21.1. The minimum atomic E-state index is -1.89. The molecule has 1 aliphatic rings. The van der Waals surface area contributed by atoms with Gasteiger partial charge in [0.05, 0.1) is 0 Å². The summed E-state index contributed by atoms with van der Waals surface area (Å²) in [5, 5.41) is 0.156. The molecule has 172 valence electrons. The van der Waals surface area contributed by atoms with Crippen LogP contribution in [0.5, 0.6) is 0 Å². The van der Waals surface area contributed by atoms with Gasteiger partial charge in [-0.15, -0.1) is 0 Å². The van der Waals surface area contributed by atoms with E-state index in [0.717, 1.165) is 6.42 Å². The van der Waals surface area contributed by atoms with Gasteiger partial charge in [0.15, 0.2) is 8.24 Å². The van der Waals surface area contributed by atoms with E-state index in [2.05, 4.69) is 66.1 Å². The lowest BCUT2D eigenvalue weighted by atomic mass is 9.90. The van der Waals surface area contributed by atoms with Gasteiger partial charge in [0, 0.05) is 11.6 Å². The lowest BCUT2D eigenvalue weighted by Crippen LogP contribution is -2.78. The summed E-state index contributed by atoms with van der Waals surface area (Å²) >= 11 is 6.70. The van der Waals surface area contributed by atoms with Crippen LogP contribution in [0.1, 0.15) is 113 Å². The molecule has 1 aliphatic heterocycles. The van der Waals surface area contributed by atoms with Gasteiger partial charge in [-0.2, -0.15) is 0 Å². The fourth-order valence-corrected chi connectivity index (χ4v) is 6.92. The van der Waals surface area contributed by atoms with Crippen molar-refractivity contribution in [2.45, 2.75) is 148 Å². The first-order valence-electron chi connectivity index (χ1n) is 12.0. The molecule has 0 aromatic carbocycles. The Morgan fingerprint density at radius 3 is 1.76 bits per heavy atom. The van der Waals surface area contributed by atoms with Crippen molar-refractivity contribution in [1.82, 2.24) is 8.98 Å². The number of carbonyl (C=O) groups excluding carboxylic acids is 1. The molecule has 0 saturated carbocycles. The number of hydrogen-bond donors (Lipinski definition) is 0. The molecule has 1 saturated heterocycles. The lowest BCUT2D eigenvalue weighted by molar-refractivity contribution is -0.150. The van der Waals surface area contributed by atoms with Gasteiger partial charge in [-0.1, -0.05) is 98.6 Å². The van der Waals surface area contributed by atoms with Crippen LogP contribution in [0, 0.1) is 0 Å². The molecule has 1 rings (SSSR count). The summed E-state index contributed by atoms with van der Waals surface area (Å²) in [4.78, 5) is 13.2. The van der Waals surface area contributed by atoms with Gasteiger partial charge in [-0.25, -0.2) is 4.42 Å². The number of carbonyl (C=O) groups is 1. The Hall–Kier alpha value is -0.0631. The van der Waals surface area contributed by atoms with Gasteiger partial charge < -0.3 is 4.57 Å². The largest absolute Gasteiger partial charge is 0.363 e. The predicted molar refractivity (Wildman–Crippen MR) is 131 cm³/mol. The maximum atomic E-state index is 13.2. The minimum Gasteiger partial charge on any atom is -0.363 e. The molecule has 0 spiro atoms.